The first kappa shape index (κ1) is 15.0. The van der Waals surface area contributed by atoms with Crippen molar-refractivity contribution in [3.8, 4) is 0 Å². The summed E-state index contributed by atoms with van der Waals surface area (Å²) in [5.41, 5.74) is 0.780. The predicted molar refractivity (Wildman–Crippen MR) is 81.6 cm³/mol. The van der Waals surface area contributed by atoms with Crippen molar-refractivity contribution in [2.75, 3.05) is 11.4 Å². The topological polar surface area (TPSA) is 58.4 Å². The van der Waals surface area contributed by atoms with Crippen molar-refractivity contribution in [3.63, 3.8) is 0 Å². The molecule has 22 heavy (non-hydrogen) atoms. The van der Waals surface area contributed by atoms with Gasteiger partial charge in [0.1, 0.15) is 10.8 Å². The summed E-state index contributed by atoms with van der Waals surface area (Å²) >= 11 is 6.14. The predicted octanol–water partition coefficient (Wildman–Crippen LogP) is 1.89. The van der Waals surface area contributed by atoms with E-state index in [1.807, 2.05) is 0 Å². The highest BCUT2D eigenvalue weighted by molar-refractivity contribution is 6.33. The third-order valence-corrected chi connectivity index (χ3v) is 4.24. The van der Waals surface area contributed by atoms with Gasteiger partial charge in [0, 0.05) is 13.6 Å². The number of benzene rings is 1. The molecule has 0 bridgehead atoms. The zero-order valence-corrected chi connectivity index (χ0v) is 12.7. The highest BCUT2D eigenvalue weighted by Crippen LogP contribution is 2.38. The number of hydrogen-bond acceptors (Lipinski definition) is 4. The maximum atomic E-state index is 13.5. The molecular weight excluding hydrogens is 309 g/mol. The maximum absolute atomic E-state index is 13.5. The first-order valence-electron chi connectivity index (χ1n) is 6.89. The van der Waals surface area contributed by atoms with Crippen molar-refractivity contribution < 1.29 is 9.50 Å². The molecule has 1 N–H and O–H groups in total. The van der Waals surface area contributed by atoms with Crippen LogP contribution in [0.4, 0.5) is 10.1 Å². The van der Waals surface area contributed by atoms with Gasteiger partial charge in [0.2, 0.25) is 0 Å². The smallest absolute Gasteiger partial charge is 0.287 e. The van der Waals surface area contributed by atoms with Crippen LogP contribution in [0.15, 0.2) is 35.3 Å². The number of halogens is 2. The average Bonchev–Trinajstić information content (AvgIpc) is 2.87. The van der Waals surface area contributed by atoms with Gasteiger partial charge in [0.05, 0.1) is 24.0 Å². The van der Waals surface area contributed by atoms with Gasteiger partial charge in [0.25, 0.3) is 5.56 Å². The third kappa shape index (κ3) is 2.60. The molecule has 0 saturated carbocycles. The first-order valence-corrected chi connectivity index (χ1v) is 7.27. The normalized spacial score (nSPS) is 21.4. The third-order valence-electron chi connectivity index (χ3n) is 3.88. The molecule has 0 aliphatic carbocycles. The molecule has 2 heterocycles. The van der Waals surface area contributed by atoms with Crippen molar-refractivity contribution in [2.24, 2.45) is 7.05 Å². The van der Waals surface area contributed by atoms with Crippen molar-refractivity contribution >= 4 is 17.3 Å². The zero-order chi connectivity index (χ0) is 15.9. The molecule has 0 radical (unpaired) electrons. The molecule has 1 aromatic carbocycles. The van der Waals surface area contributed by atoms with Gasteiger partial charge in [-0.05, 0) is 24.1 Å². The van der Waals surface area contributed by atoms with E-state index >= 15 is 0 Å². The Morgan fingerprint density at radius 3 is 2.95 bits per heavy atom. The van der Waals surface area contributed by atoms with Crippen LogP contribution < -0.4 is 10.5 Å². The van der Waals surface area contributed by atoms with E-state index in [0.29, 0.717) is 18.7 Å². The van der Waals surface area contributed by atoms with Crippen molar-refractivity contribution in [1.82, 2.24) is 9.78 Å². The fourth-order valence-corrected chi connectivity index (χ4v) is 3.09. The van der Waals surface area contributed by atoms with Crippen LogP contribution in [0, 0.1) is 5.82 Å². The van der Waals surface area contributed by atoms with Gasteiger partial charge in [-0.25, -0.2) is 9.07 Å². The number of aryl methyl sites for hydroxylation is 1. The Morgan fingerprint density at radius 1 is 1.45 bits per heavy atom. The molecule has 3 rings (SSSR count). The van der Waals surface area contributed by atoms with E-state index in [1.54, 1.807) is 17.0 Å². The number of nitrogens with zero attached hydrogens (tertiary/aromatic N) is 3. The van der Waals surface area contributed by atoms with Crippen LogP contribution in [0.3, 0.4) is 0 Å². The summed E-state index contributed by atoms with van der Waals surface area (Å²) in [6.45, 7) is 0.315. The molecule has 2 atom stereocenters. The number of anilines is 1. The molecular formula is C15H15ClFN3O2. The van der Waals surface area contributed by atoms with Crippen molar-refractivity contribution in [2.45, 2.75) is 18.6 Å². The summed E-state index contributed by atoms with van der Waals surface area (Å²) < 4.78 is 14.6. The number of hydrogen-bond donors (Lipinski definition) is 1. The average molecular weight is 324 g/mol. The van der Waals surface area contributed by atoms with E-state index in [0.717, 1.165) is 10.2 Å². The van der Waals surface area contributed by atoms with Crippen LogP contribution in [0.5, 0.6) is 0 Å². The molecule has 0 unspecified atom stereocenters. The molecule has 0 spiro atoms. The van der Waals surface area contributed by atoms with Gasteiger partial charge < -0.3 is 10.0 Å². The Labute approximate surface area is 131 Å². The van der Waals surface area contributed by atoms with Gasteiger partial charge in [-0.2, -0.15) is 5.10 Å². The Bertz CT molecular complexity index is 765. The monoisotopic (exact) mass is 323 g/mol. The van der Waals surface area contributed by atoms with E-state index < -0.39 is 11.7 Å². The molecule has 1 saturated heterocycles. The lowest BCUT2D eigenvalue weighted by Crippen LogP contribution is -2.29. The standard InChI is InChI=1S/C15H15ClFN3O2/c1-19-15(22)14(16)13(7-18-19)20-8-11(21)6-12(20)9-3-2-4-10(17)5-9/h2-5,7,11-12,21H,6,8H2,1H3/t11-,12-/m0/s1. The number of rotatable bonds is 2. The second-order valence-electron chi connectivity index (χ2n) is 5.39. The first-order chi connectivity index (χ1) is 10.5. The second-order valence-corrected chi connectivity index (χ2v) is 5.76. The second kappa shape index (κ2) is 5.70. The van der Waals surface area contributed by atoms with Crippen LogP contribution in [0.1, 0.15) is 18.0 Å². The SMILES string of the molecule is Cn1ncc(N2C[C@@H](O)C[C@H]2c2cccc(F)c2)c(Cl)c1=O. The Hall–Kier alpha value is -1.92. The molecule has 0 amide bonds. The van der Waals surface area contributed by atoms with E-state index in [2.05, 4.69) is 5.10 Å². The van der Waals surface area contributed by atoms with E-state index in [1.165, 1.54) is 25.4 Å². The zero-order valence-electron chi connectivity index (χ0n) is 11.9. The lowest BCUT2D eigenvalue weighted by atomic mass is 10.0. The highest BCUT2D eigenvalue weighted by atomic mass is 35.5. The quantitative estimate of drug-likeness (QED) is 0.917. The number of aliphatic hydroxyl groups is 1. The summed E-state index contributed by atoms with van der Waals surface area (Å²) in [5.74, 6) is -0.341. The van der Waals surface area contributed by atoms with Crippen LogP contribution in [-0.2, 0) is 7.05 Å². The molecule has 1 aliphatic rings. The van der Waals surface area contributed by atoms with Gasteiger partial charge in [-0.1, -0.05) is 23.7 Å². The molecule has 116 valence electrons. The lowest BCUT2D eigenvalue weighted by molar-refractivity contribution is 0.194. The van der Waals surface area contributed by atoms with E-state index in [-0.39, 0.29) is 16.9 Å². The summed E-state index contributed by atoms with van der Waals surface area (Å²) in [4.78, 5) is 13.7. The summed E-state index contributed by atoms with van der Waals surface area (Å²) in [5, 5.41) is 14.0. The van der Waals surface area contributed by atoms with E-state index in [9.17, 15) is 14.3 Å². The Balaban J connectivity index is 2.05. The summed E-state index contributed by atoms with van der Waals surface area (Å²) in [7, 11) is 1.51. The minimum Gasteiger partial charge on any atom is -0.391 e. The molecule has 5 nitrogen and oxygen atoms in total. The summed E-state index contributed by atoms with van der Waals surface area (Å²) in [6, 6.07) is 5.96. The molecule has 1 aliphatic heterocycles. The maximum Gasteiger partial charge on any atom is 0.287 e. The molecule has 7 heteroatoms. The molecule has 1 aromatic heterocycles. The minimum atomic E-state index is -0.576. The van der Waals surface area contributed by atoms with Crippen molar-refractivity contribution in [3.05, 3.63) is 57.2 Å². The molecule has 1 fully saturated rings. The fourth-order valence-electron chi connectivity index (χ4n) is 2.81. The van der Waals surface area contributed by atoms with Crippen molar-refractivity contribution in [1.29, 1.82) is 0 Å². The Morgan fingerprint density at radius 2 is 2.23 bits per heavy atom. The van der Waals surface area contributed by atoms with Gasteiger partial charge in [-0.3, -0.25) is 4.79 Å². The van der Waals surface area contributed by atoms with Gasteiger partial charge in [-0.15, -0.1) is 0 Å². The summed E-state index contributed by atoms with van der Waals surface area (Å²) in [6.07, 6.45) is 1.36. The van der Waals surface area contributed by atoms with Crippen LogP contribution in [0.25, 0.3) is 0 Å². The van der Waals surface area contributed by atoms with Crippen LogP contribution in [0.2, 0.25) is 5.02 Å². The lowest BCUT2D eigenvalue weighted by Gasteiger charge is -2.27. The van der Waals surface area contributed by atoms with Crippen LogP contribution in [-0.4, -0.2) is 27.5 Å². The van der Waals surface area contributed by atoms with E-state index in [4.69, 9.17) is 11.6 Å². The van der Waals surface area contributed by atoms with Gasteiger partial charge in [0.15, 0.2) is 0 Å². The highest BCUT2D eigenvalue weighted by Gasteiger charge is 2.34. The van der Waals surface area contributed by atoms with Crippen LogP contribution >= 0.6 is 11.6 Å². The number of aromatic nitrogens is 2. The molecule has 2 aromatic rings. The fraction of sp³-hybridized carbons (Fsp3) is 0.333. The Kier molecular flexibility index (Phi) is 3.88. The number of aliphatic hydroxyl groups excluding tert-OH is 1. The largest absolute Gasteiger partial charge is 0.391 e. The number of β-amino-alcohol motifs (C(OH)–C–C–N with tert-alkyl or cyclic N) is 1. The van der Waals surface area contributed by atoms with Gasteiger partial charge >= 0.3 is 0 Å². The minimum absolute atomic E-state index is 0.0491.